The lowest BCUT2D eigenvalue weighted by atomic mass is 9.99. The number of carbonyl (C=O) groups is 1. The van der Waals surface area contributed by atoms with E-state index in [1.165, 1.54) is 31.5 Å². The third kappa shape index (κ3) is 5.99. The van der Waals surface area contributed by atoms with Crippen LogP contribution in [0.5, 0.6) is 11.5 Å². The van der Waals surface area contributed by atoms with Crippen LogP contribution in [0.3, 0.4) is 0 Å². The molecule has 0 spiro atoms. The van der Waals surface area contributed by atoms with E-state index in [1.54, 1.807) is 6.07 Å². The standard InChI is InChI=1S/C23H30N2O3/c1-3-27-21-6-4-5-7-22(21)28-17-23(26)24-20-10-8-19(9-11-20)16-25-14-12-18(2)13-15-25/h4-11,18H,3,12-17H2,1-2H3,(H,24,26). The Morgan fingerprint density at radius 2 is 1.68 bits per heavy atom. The van der Waals surface area contributed by atoms with Crippen LogP contribution >= 0.6 is 0 Å². The highest BCUT2D eigenvalue weighted by atomic mass is 16.5. The van der Waals surface area contributed by atoms with E-state index in [9.17, 15) is 4.79 Å². The van der Waals surface area contributed by atoms with Crippen molar-refractivity contribution < 1.29 is 14.3 Å². The van der Waals surface area contributed by atoms with E-state index in [0.717, 1.165) is 18.2 Å². The second-order valence-corrected chi connectivity index (χ2v) is 7.37. The summed E-state index contributed by atoms with van der Waals surface area (Å²) in [6.45, 7) is 8.04. The van der Waals surface area contributed by atoms with Crippen LogP contribution in [0, 0.1) is 5.92 Å². The molecule has 3 rings (SSSR count). The molecule has 1 heterocycles. The first-order valence-corrected chi connectivity index (χ1v) is 10.1. The van der Waals surface area contributed by atoms with Crippen molar-refractivity contribution in [1.29, 1.82) is 0 Å². The van der Waals surface area contributed by atoms with Gasteiger partial charge in [0.25, 0.3) is 5.91 Å². The zero-order chi connectivity index (χ0) is 19.8. The molecule has 0 radical (unpaired) electrons. The zero-order valence-corrected chi connectivity index (χ0v) is 16.8. The highest BCUT2D eigenvalue weighted by molar-refractivity contribution is 5.91. The van der Waals surface area contributed by atoms with E-state index in [1.807, 2.05) is 37.3 Å². The van der Waals surface area contributed by atoms with Gasteiger partial charge >= 0.3 is 0 Å². The number of piperidine rings is 1. The maximum Gasteiger partial charge on any atom is 0.262 e. The molecule has 2 aromatic carbocycles. The summed E-state index contributed by atoms with van der Waals surface area (Å²) < 4.78 is 11.1. The minimum Gasteiger partial charge on any atom is -0.490 e. The molecule has 0 aliphatic carbocycles. The average molecular weight is 383 g/mol. The monoisotopic (exact) mass is 382 g/mol. The molecule has 28 heavy (non-hydrogen) atoms. The molecule has 1 N–H and O–H groups in total. The number of ether oxygens (including phenoxy) is 2. The molecular formula is C23H30N2O3. The van der Waals surface area contributed by atoms with Gasteiger partial charge in [-0.1, -0.05) is 31.2 Å². The van der Waals surface area contributed by atoms with E-state index in [-0.39, 0.29) is 12.5 Å². The summed E-state index contributed by atoms with van der Waals surface area (Å²) in [7, 11) is 0. The SMILES string of the molecule is CCOc1ccccc1OCC(=O)Nc1ccc(CN2CCC(C)CC2)cc1. The van der Waals surface area contributed by atoms with Crippen molar-refractivity contribution in [3.05, 3.63) is 54.1 Å². The van der Waals surface area contributed by atoms with Gasteiger partial charge in [-0.15, -0.1) is 0 Å². The number of hydrogen-bond acceptors (Lipinski definition) is 4. The van der Waals surface area contributed by atoms with Crippen LogP contribution in [0.15, 0.2) is 48.5 Å². The van der Waals surface area contributed by atoms with Crippen molar-refractivity contribution in [2.45, 2.75) is 33.2 Å². The number of likely N-dealkylation sites (tertiary alicyclic amines) is 1. The van der Waals surface area contributed by atoms with Gasteiger partial charge in [0.05, 0.1) is 6.61 Å². The van der Waals surface area contributed by atoms with E-state index in [0.29, 0.717) is 18.1 Å². The van der Waals surface area contributed by atoms with E-state index < -0.39 is 0 Å². The van der Waals surface area contributed by atoms with Crippen molar-refractivity contribution in [3.8, 4) is 11.5 Å². The molecule has 0 atom stereocenters. The smallest absolute Gasteiger partial charge is 0.262 e. The van der Waals surface area contributed by atoms with Crippen LogP contribution in [0.2, 0.25) is 0 Å². The van der Waals surface area contributed by atoms with Gasteiger partial charge in [0.2, 0.25) is 0 Å². The summed E-state index contributed by atoms with van der Waals surface area (Å²) in [6, 6.07) is 15.4. The molecule has 1 fully saturated rings. The van der Waals surface area contributed by atoms with Gasteiger partial charge in [-0.05, 0) is 68.6 Å². The van der Waals surface area contributed by atoms with Gasteiger partial charge in [0, 0.05) is 12.2 Å². The molecule has 1 aliphatic heterocycles. The van der Waals surface area contributed by atoms with Crippen LogP contribution in [-0.4, -0.2) is 37.1 Å². The summed E-state index contributed by atoms with van der Waals surface area (Å²) in [5, 5.41) is 2.88. The Morgan fingerprint density at radius 3 is 2.32 bits per heavy atom. The zero-order valence-electron chi connectivity index (χ0n) is 16.8. The largest absolute Gasteiger partial charge is 0.490 e. The lowest BCUT2D eigenvalue weighted by Crippen LogP contribution is -2.32. The highest BCUT2D eigenvalue weighted by Crippen LogP contribution is 2.26. The summed E-state index contributed by atoms with van der Waals surface area (Å²) in [5.41, 5.74) is 2.05. The number of benzene rings is 2. The van der Waals surface area contributed by atoms with Crippen LogP contribution in [-0.2, 0) is 11.3 Å². The Kier molecular flexibility index (Phi) is 7.31. The summed E-state index contributed by atoms with van der Waals surface area (Å²) >= 11 is 0. The van der Waals surface area contributed by atoms with Gasteiger partial charge in [0.15, 0.2) is 18.1 Å². The van der Waals surface area contributed by atoms with Gasteiger partial charge in [-0.2, -0.15) is 0 Å². The second kappa shape index (κ2) is 10.1. The minimum atomic E-state index is -0.191. The Bertz CT molecular complexity index is 753. The van der Waals surface area contributed by atoms with E-state index in [4.69, 9.17) is 9.47 Å². The maximum atomic E-state index is 12.2. The molecule has 5 heteroatoms. The maximum absolute atomic E-state index is 12.2. The van der Waals surface area contributed by atoms with Crippen molar-refractivity contribution in [3.63, 3.8) is 0 Å². The van der Waals surface area contributed by atoms with Gasteiger partial charge in [-0.3, -0.25) is 9.69 Å². The summed E-state index contributed by atoms with van der Waals surface area (Å²) in [6.07, 6.45) is 2.56. The third-order valence-electron chi connectivity index (χ3n) is 5.03. The normalized spacial score (nSPS) is 15.2. The lowest BCUT2D eigenvalue weighted by Gasteiger charge is -2.30. The Labute approximate surface area is 167 Å². The number of carbonyl (C=O) groups excluding carboxylic acids is 1. The molecule has 5 nitrogen and oxygen atoms in total. The molecule has 150 valence electrons. The Balaban J connectivity index is 1.47. The lowest BCUT2D eigenvalue weighted by molar-refractivity contribution is -0.118. The second-order valence-electron chi connectivity index (χ2n) is 7.37. The molecule has 0 unspecified atom stereocenters. The summed E-state index contributed by atoms with van der Waals surface area (Å²) in [5.74, 6) is 1.88. The van der Waals surface area contributed by atoms with E-state index in [2.05, 4.69) is 29.3 Å². The molecule has 1 aliphatic rings. The molecule has 1 saturated heterocycles. The highest BCUT2D eigenvalue weighted by Gasteiger charge is 2.15. The van der Waals surface area contributed by atoms with Crippen molar-refractivity contribution in [2.75, 3.05) is 31.6 Å². The number of anilines is 1. The van der Waals surface area contributed by atoms with Crippen molar-refractivity contribution in [1.82, 2.24) is 4.90 Å². The molecule has 2 aromatic rings. The predicted octanol–water partition coefficient (Wildman–Crippen LogP) is 4.33. The summed E-state index contributed by atoms with van der Waals surface area (Å²) in [4.78, 5) is 14.7. The average Bonchev–Trinajstić information content (AvgIpc) is 2.71. The number of para-hydroxylation sites is 2. The number of rotatable bonds is 8. The topological polar surface area (TPSA) is 50.8 Å². The quantitative estimate of drug-likeness (QED) is 0.738. The fourth-order valence-corrected chi connectivity index (χ4v) is 3.36. The van der Waals surface area contributed by atoms with Crippen molar-refractivity contribution >= 4 is 11.6 Å². The van der Waals surface area contributed by atoms with E-state index >= 15 is 0 Å². The minimum absolute atomic E-state index is 0.0577. The van der Waals surface area contributed by atoms with Crippen LogP contribution in [0.1, 0.15) is 32.3 Å². The molecule has 1 amide bonds. The molecular weight excluding hydrogens is 352 g/mol. The molecule has 0 saturated carbocycles. The fraction of sp³-hybridized carbons (Fsp3) is 0.435. The number of nitrogens with zero attached hydrogens (tertiary/aromatic N) is 1. The third-order valence-corrected chi connectivity index (χ3v) is 5.03. The number of nitrogens with one attached hydrogen (secondary N) is 1. The molecule has 0 bridgehead atoms. The van der Waals surface area contributed by atoms with Crippen LogP contribution in [0.25, 0.3) is 0 Å². The van der Waals surface area contributed by atoms with Gasteiger partial charge < -0.3 is 14.8 Å². The Hall–Kier alpha value is -2.53. The van der Waals surface area contributed by atoms with Gasteiger partial charge in [0.1, 0.15) is 0 Å². The number of hydrogen-bond donors (Lipinski definition) is 1. The van der Waals surface area contributed by atoms with Crippen LogP contribution in [0.4, 0.5) is 5.69 Å². The fourth-order valence-electron chi connectivity index (χ4n) is 3.36. The Morgan fingerprint density at radius 1 is 1.04 bits per heavy atom. The van der Waals surface area contributed by atoms with Gasteiger partial charge in [-0.25, -0.2) is 0 Å². The number of amides is 1. The first-order chi connectivity index (χ1) is 13.6. The first kappa shape index (κ1) is 20.2. The van der Waals surface area contributed by atoms with Crippen molar-refractivity contribution in [2.24, 2.45) is 5.92 Å². The van der Waals surface area contributed by atoms with Crippen LogP contribution < -0.4 is 14.8 Å². The predicted molar refractivity (Wildman–Crippen MR) is 112 cm³/mol. The molecule has 0 aromatic heterocycles. The first-order valence-electron chi connectivity index (χ1n) is 10.1.